The molecule has 0 aliphatic carbocycles. The number of anilines is 1. The van der Waals surface area contributed by atoms with Gasteiger partial charge in [0.05, 0.1) is 16.7 Å². The van der Waals surface area contributed by atoms with Gasteiger partial charge in [-0.2, -0.15) is 0 Å². The van der Waals surface area contributed by atoms with Crippen molar-refractivity contribution in [3.05, 3.63) is 40.6 Å². The fourth-order valence-corrected chi connectivity index (χ4v) is 2.19. The maximum atomic E-state index is 10.6. The van der Waals surface area contributed by atoms with Crippen molar-refractivity contribution in [1.29, 1.82) is 0 Å². The molecule has 0 saturated carbocycles. The summed E-state index contributed by atoms with van der Waals surface area (Å²) >= 11 is 0. The quantitative estimate of drug-likeness (QED) is 0.500. The number of phenolic OH excluding ortho intramolecular Hbond substituents is 1. The summed E-state index contributed by atoms with van der Waals surface area (Å²) in [5.74, 6) is 0.935. The number of aliphatic imine (C=N–C) groups is 1. The van der Waals surface area contributed by atoms with Crippen molar-refractivity contribution in [3.63, 3.8) is 0 Å². The van der Waals surface area contributed by atoms with Crippen LogP contribution in [0.3, 0.4) is 0 Å². The summed E-state index contributed by atoms with van der Waals surface area (Å²) in [6.45, 7) is 2.11. The molecule has 6 nitrogen and oxygen atoms in total. The standard InChI is InChI=1S/C14H17N3O3/c1-2-4-10-5-3-8-15-14(10)16-12-7-6-11(17(19)20)9-13(12)18/h3,6-10,18H,2,4-5H2,1H3,(H,15,16). The summed E-state index contributed by atoms with van der Waals surface area (Å²) in [6, 6.07) is 3.99. The SMILES string of the molecule is CCCC1CC=CN=C1Nc1ccc([N+](=O)[O-])cc1O. The molecule has 0 bridgehead atoms. The number of hydrogen-bond acceptors (Lipinski definition) is 5. The Morgan fingerprint density at radius 2 is 2.35 bits per heavy atom. The second-order valence-corrected chi connectivity index (χ2v) is 4.70. The lowest BCUT2D eigenvalue weighted by molar-refractivity contribution is -0.384. The van der Waals surface area contributed by atoms with E-state index in [2.05, 4.69) is 17.2 Å². The lowest BCUT2D eigenvalue weighted by Gasteiger charge is -2.21. The zero-order valence-corrected chi connectivity index (χ0v) is 11.2. The summed E-state index contributed by atoms with van der Waals surface area (Å²) < 4.78 is 0. The van der Waals surface area contributed by atoms with Crippen LogP contribution in [0.15, 0.2) is 35.5 Å². The molecule has 106 valence electrons. The van der Waals surface area contributed by atoms with Crippen LogP contribution in [0.2, 0.25) is 0 Å². The predicted molar refractivity (Wildman–Crippen MR) is 78.0 cm³/mol. The maximum absolute atomic E-state index is 10.6. The summed E-state index contributed by atoms with van der Waals surface area (Å²) in [7, 11) is 0. The predicted octanol–water partition coefficient (Wildman–Crippen LogP) is 3.44. The second kappa shape index (κ2) is 6.18. The Balaban J connectivity index is 2.18. The Bertz CT molecular complexity index is 567. The molecule has 0 saturated heterocycles. The van der Waals surface area contributed by atoms with E-state index >= 15 is 0 Å². The first-order valence-corrected chi connectivity index (χ1v) is 6.59. The lowest BCUT2D eigenvalue weighted by atomic mass is 9.96. The molecule has 1 aliphatic heterocycles. The van der Waals surface area contributed by atoms with Crippen molar-refractivity contribution in [3.8, 4) is 5.75 Å². The molecule has 0 radical (unpaired) electrons. The van der Waals surface area contributed by atoms with Crippen LogP contribution >= 0.6 is 0 Å². The molecule has 1 aliphatic rings. The number of rotatable bonds is 4. The molecule has 0 spiro atoms. The van der Waals surface area contributed by atoms with Crippen LogP contribution in [0.5, 0.6) is 5.75 Å². The summed E-state index contributed by atoms with van der Waals surface area (Å²) in [5.41, 5.74) is 0.300. The van der Waals surface area contributed by atoms with Crippen LogP contribution in [0.4, 0.5) is 11.4 Å². The smallest absolute Gasteiger partial charge is 0.273 e. The zero-order valence-electron chi connectivity index (χ0n) is 11.2. The van der Waals surface area contributed by atoms with Crippen LogP contribution in [0.25, 0.3) is 0 Å². The van der Waals surface area contributed by atoms with Crippen molar-refractivity contribution in [2.24, 2.45) is 10.9 Å². The van der Waals surface area contributed by atoms with Gasteiger partial charge in [-0.15, -0.1) is 0 Å². The van der Waals surface area contributed by atoms with E-state index in [1.807, 2.05) is 6.08 Å². The third kappa shape index (κ3) is 3.14. The number of aromatic hydroxyl groups is 1. The summed E-state index contributed by atoms with van der Waals surface area (Å²) in [5, 5.41) is 23.6. The maximum Gasteiger partial charge on any atom is 0.273 e. The number of amidine groups is 1. The molecule has 1 aromatic rings. The number of non-ortho nitro benzene ring substituents is 1. The van der Waals surface area contributed by atoms with Gasteiger partial charge in [-0.3, -0.25) is 10.1 Å². The van der Waals surface area contributed by atoms with Crippen LogP contribution < -0.4 is 5.32 Å². The molecular weight excluding hydrogens is 258 g/mol. The molecule has 1 aromatic carbocycles. The van der Waals surface area contributed by atoms with Gasteiger partial charge in [0, 0.05) is 18.2 Å². The molecule has 0 amide bonds. The van der Waals surface area contributed by atoms with Crippen LogP contribution in [0, 0.1) is 16.0 Å². The Kier molecular flexibility index (Phi) is 4.34. The largest absolute Gasteiger partial charge is 0.506 e. The number of allylic oxidation sites excluding steroid dienone is 1. The fraction of sp³-hybridized carbons (Fsp3) is 0.357. The normalized spacial score (nSPS) is 17.6. The van der Waals surface area contributed by atoms with Crippen LogP contribution in [-0.2, 0) is 0 Å². The highest BCUT2D eigenvalue weighted by molar-refractivity contribution is 5.99. The minimum atomic E-state index is -0.537. The van der Waals surface area contributed by atoms with Gasteiger partial charge in [0.25, 0.3) is 5.69 Å². The lowest BCUT2D eigenvalue weighted by Crippen LogP contribution is -2.24. The number of nitro groups is 1. The van der Waals surface area contributed by atoms with E-state index in [1.54, 1.807) is 6.20 Å². The zero-order chi connectivity index (χ0) is 14.5. The van der Waals surface area contributed by atoms with Gasteiger partial charge in [-0.05, 0) is 18.9 Å². The molecule has 2 N–H and O–H groups in total. The second-order valence-electron chi connectivity index (χ2n) is 4.70. The summed E-state index contributed by atoms with van der Waals surface area (Å²) in [4.78, 5) is 14.4. The van der Waals surface area contributed by atoms with E-state index in [1.165, 1.54) is 12.1 Å². The molecule has 1 atom stereocenters. The van der Waals surface area contributed by atoms with E-state index in [4.69, 9.17) is 0 Å². The van der Waals surface area contributed by atoms with Gasteiger partial charge in [0.15, 0.2) is 0 Å². The van der Waals surface area contributed by atoms with Gasteiger partial charge >= 0.3 is 0 Å². The van der Waals surface area contributed by atoms with Crippen molar-refractivity contribution in [1.82, 2.24) is 0 Å². The van der Waals surface area contributed by atoms with E-state index in [-0.39, 0.29) is 11.4 Å². The third-order valence-corrected chi connectivity index (χ3v) is 3.22. The molecule has 6 heteroatoms. The monoisotopic (exact) mass is 275 g/mol. The molecule has 1 heterocycles. The first-order valence-electron chi connectivity index (χ1n) is 6.59. The average Bonchev–Trinajstić information content (AvgIpc) is 2.43. The minimum absolute atomic E-state index is 0.136. The average molecular weight is 275 g/mol. The molecular formula is C14H17N3O3. The van der Waals surface area contributed by atoms with Crippen molar-refractivity contribution in [2.75, 3.05) is 5.32 Å². The molecule has 0 fully saturated rings. The number of nitrogens with zero attached hydrogens (tertiary/aromatic N) is 2. The van der Waals surface area contributed by atoms with Gasteiger partial charge in [-0.1, -0.05) is 19.4 Å². The topological polar surface area (TPSA) is 87.8 Å². The van der Waals surface area contributed by atoms with Crippen LogP contribution in [0.1, 0.15) is 26.2 Å². The Morgan fingerprint density at radius 1 is 1.55 bits per heavy atom. The molecule has 20 heavy (non-hydrogen) atoms. The third-order valence-electron chi connectivity index (χ3n) is 3.22. The molecule has 0 aromatic heterocycles. The Hall–Kier alpha value is -2.37. The molecule has 2 rings (SSSR count). The highest BCUT2D eigenvalue weighted by atomic mass is 16.6. The van der Waals surface area contributed by atoms with E-state index in [0.29, 0.717) is 11.6 Å². The Labute approximate surface area is 117 Å². The Morgan fingerprint density at radius 3 is 3.00 bits per heavy atom. The van der Waals surface area contributed by atoms with Gasteiger partial charge in [-0.25, -0.2) is 4.99 Å². The molecule has 1 unspecified atom stereocenters. The number of hydrogen-bond donors (Lipinski definition) is 2. The first-order chi connectivity index (χ1) is 9.61. The fourth-order valence-electron chi connectivity index (χ4n) is 2.19. The van der Waals surface area contributed by atoms with Crippen molar-refractivity contribution in [2.45, 2.75) is 26.2 Å². The van der Waals surface area contributed by atoms with Gasteiger partial charge < -0.3 is 10.4 Å². The minimum Gasteiger partial charge on any atom is -0.506 e. The van der Waals surface area contributed by atoms with Gasteiger partial charge in [0.1, 0.15) is 11.6 Å². The highest BCUT2D eigenvalue weighted by Gasteiger charge is 2.18. The number of nitrogens with one attached hydrogen (secondary N) is 1. The number of phenols is 1. The van der Waals surface area contributed by atoms with Crippen molar-refractivity contribution < 1.29 is 10.0 Å². The highest BCUT2D eigenvalue weighted by Crippen LogP contribution is 2.29. The van der Waals surface area contributed by atoms with Crippen LogP contribution in [-0.4, -0.2) is 15.9 Å². The number of nitro benzene ring substituents is 1. The van der Waals surface area contributed by atoms with E-state index in [0.717, 1.165) is 31.2 Å². The van der Waals surface area contributed by atoms with Crippen molar-refractivity contribution >= 4 is 17.2 Å². The van der Waals surface area contributed by atoms with E-state index < -0.39 is 4.92 Å². The van der Waals surface area contributed by atoms with E-state index in [9.17, 15) is 15.2 Å². The summed E-state index contributed by atoms with van der Waals surface area (Å²) in [6.07, 6.45) is 6.71. The first kappa shape index (κ1) is 14.0. The number of benzene rings is 1. The van der Waals surface area contributed by atoms with Gasteiger partial charge in [0.2, 0.25) is 0 Å².